The van der Waals surface area contributed by atoms with Crippen molar-refractivity contribution in [2.45, 2.75) is 12.6 Å². The van der Waals surface area contributed by atoms with Gasteiger partial charge in [0.25, 0.3) is 0 Å². The van der Waals surface area contributed by atoms with Crippen molar-refractivity contribution in [3.05, 3.63) is 29.3 Å². The van der Waals surface area contributed by atoms with Crippen molar-refractivity contribution in [2.75, 3.05) is 13.2 Å². The van der Waals surface area contributed by atoms with Crippen LogP contribution in [0.25, 0.3) is 0 Å². The van der Waals surface area contributed by atoms with Crippen molar-refractivity contribution >= 4 is 25.2 Å². The molecule has 0 fully saturated rings. The van der Waals surface area contributed by atoms with Gasteiger partial charge in [-0.1, -0.05) is 11.6 Å². The third-order valence-corrected chi connectivity index (χ3v) is 3.53. The minimum atomic E-state index is -5.16. The number of benzene rings is 1. The number of nitrogens with one attached hydrogen (secondary N) is 1. The molecule has 1 atom stereocenters. The van der Waals surface area contributed by atoms with Gasteiger partial charge in [-0.25, -0.2) is 5.32 Å². The molecular weight excluding hydrogens is 325 g/mol. The third-order valence-electron chi connectivity index (χ3n) is 2.24. The SMILES string of the molecule is CCOC(=O)CNC(O)(Oc1ccc(Cl)cc1)P(=O)(O)O. The lowest BCUT2D eigenvalue weighted by molar-refractivity contribution is -0.148. The first-order valence-corrected chi connectivity index (χ1v) is 7.80. The summed E-state index contributed by atoms with van der Waals surface area (Å²) in [4.78, 5) is 29.6. The van der Waals surface area contributed by atoms with Crippen LogP contribution in [-0.4, -0.2) is 39.7 Å². The highest BCUT2D eigenvalue weighted by molar-refractivity contribution is 7.53. The van der Waals surface area contributed by atoms with Gasteiger partial charge >= 0.3 is 19.2 Å². The molecule has 1 aromatic rings. The van der Waals surface area contributed by atoms with Crippen molar-refractivity contribution in [3.63, 3.8) is 0 Å². The highest BCUT2D eigenvalue weighted by Crippen LogP contribution is 2.47. The average Bonchev–Trinajstić information content (AvgIpc) is 2.38. The standard InChI is InChI=1S/C11H15ClNO7P/c1-2-19-10(14)7-13-11(15,21(16,17)18)20-9-5-3-8(12)4-6-9/h3-6,13,15H,2,7H2,1H3,(H2,16,17,18). The van der Waals surface area contributed by atoms with Gasteiger partial charge in [0.1, 0.15) is 12.3 Å². The zero-order valence-corrected chi connectivity index (χ0v) is 12.7. The van der Waals surface area contributed by atoms with Gasteiger partial charge in [0.15, 0.2) is 0 Å². The lowest BCUT2D eigenvalue weighted by atomic mass is 10.3. The van der Waals surface area contributed by atoms with Gasteiger partial charge in [0.05, 0.1) is 6.61 Å². The molecular formula is C11H15ClNO7P. The van der Waals surface area contributed by atoms with Gasteiger partial charge in [0.2, 0.25) is 0 Å². The van der Waals surface area contributed by atoms with Gasteiger partial charge in [-0.05, 0) is 31.2 Å². The lowest BCUT2D eigenvalue weighted by Crippen LogP contribution is -2.52. The smallest absolute Gasteiger partial charge is 0.414 e. The Morgan fingerprint density at radius 1 is 1.38 bits per heavy atom. The summed E-state index contributed by atoms with van der Waals surface area (Å²) >= 11 is 5.66. The zero-order chi connectivity index (χ0) is 16.1. The molecule has 0 radical (unpaired) electrons. The average molecular weight is 340 g/mol. The first kappa shape index (κ1) is 17.9. The van der Waals surface area contributed by atoms with Crippen LogP contribution in [0.15, 0.2) is 24.3 Å². The Kier molecular flexibility index (Phi) is 6.15. The molecule has 10 heteroatoms. The van der Waals surface area contributed by atoms with E-state index in [2.05, 4.69) is 4.74 Å². The monoisotopic (exact) mass is 339 g/mol. The van der Waals surface area contributed by atoms with E-state index >= 15 is 0 Å². The van der Waals surface area contributed by atoms with Crippen LogP contribution in [0.2, 0.25) is 5.02 Å². The van der Waals surface area contributed by atoms with Crippen molar-refractivity contribution < 1.29 is 33.7 Å². The minimum absolute atomic E-state index is 0.0541. The number of esters is 1. The summed E-state index contributed by atoms with van der Waals surface area (Å²) in [5.41, 5.74) is -3.06. The quantitative estimate of drug-likeness (QED) is 0.324. The van der Waals surface area contributed by atoms with E-state index in [-0.39, 0.29) is 12.4 Å². The van der Waals surface area contributed by atoms with Gasteiger partial charge in [-0.15, -0.1) is 0 Å². The van der Waals surface area contributed by atoms with Crippen LogP contribution in [0.5, 0.6) is 5.75 Å². The molecule has 0 aliphatic rings. The maximum atomic E-state index is 11.4. The predicted molar refractivity (Wildman–Crippen MR) is 73.7 cm³/mol. The van der Waals surface area contributed by atoms with Crippen LogP contribution in [0.3, 0.4) is 0 Å². The molecule has 0 saturated carbocycles. The summed E-state index contributed by atoms with van der Waals surface area (Å²) < 4.78 is 20.8. The summed E-state index contributed by atoms with van der Waals surface area (Å²) in [6, 6.07) is 5.41. The molecule has 1 aromatic carbocycles. The lowest BCUT2D eigenvalue weighted by Gasteiger charge is -2.29. The fraction of sp³-hybridized carbons (Fsp3) is 0.364. The van der Waals surface area contributed by atoms with Crippen LogP contribution in [0.1, 0.15) is 6.92 Å². The molecule has 0 bridgehead atoms. The third kappa shape index (κ3) is 5.28. The highest BCUT2D eigenvalue weighted by Gasteiger charge is 2.49. The van der Waals surface area contributed by atoms with Gasteiger partial charge < -0.3 is 24.4 Å². The second kappa shape index (κ2) is 7.22. The van der Waals surface area contributed by atoms with E-state index in [9.17, 15) is 24.3 Å². The summed E-state index contributed by atoms with van der Waals surface area (Å²) in [6.07, 6.45) is 0. The molecule has 1 unspecified atom stereocenters. The fourth-order valence-electron chi connectivity index (χ4n) is 1.26. The number of rotatable bonds is 7. The number of hydrogen-bond acceptors (Lipinski definition) is 6. The van der Waals surface area contributed by atoms with E-state index < -0.39 is 25.8 Å². The molecule has 0 amide bonds. The number of halogens is 1. The van der Waals surface area contributed by atoms with E-state index in [1.165, 1.54) is 24.3 Å². The van der Waals surface area contributed by atoms with E-state index in [1.54, 1.807) is 6.92 Å². The molecule has 0 saturated heterocycles. The molecule has 1 rings (SSSR count). The fourth-order valence-corrected chi connectivity index (χ4v) is 1.90. The number of aliphatic hydroxyl groups is 1. The highest BCUT2D eigenvalue weighted by atomic mass is 35.5. The van der Waals surface area contributed by atoms with E-state index in [1.807, 2.05) is 5.32 Å². The largest absolute Gasteiger partial charge is 0.465 e. The molecule has 0 heterocycles. The molecule has 4 N–H and O–H groups in total. The van der Waals surface area contributed by atoms with E-state index in [0.717, 1.165) is 0 Å². The van der Waals surface area contributed by atoms with Crippen molar-refractivity contribution in [2.24, 2.45) is 0 Å². The minimum Gasteiger partial charge on any atom is -0.465 e. The van der Waals surface area contributed by atoms with Crippen LogP contribution >= 0.6 is 19.2 Å². The Labute approximate surface area is 125 Å². The van der Waals surface area contributed by atoms with E-state index in [0.29, 0.717) is 5.02 Å². The van der Waals surface area contributed by atoms with Crippen molar-refractivity contribution in [1.29, 1.82) is 0 Å². The zero-order valence-electron chi connectivity index (χ0n) is 11.0. The number of carbonyl (C=O) groups is 1. The first-order valence-electron chi connectivity index (χ1n) is 5.81. The molecule has 118 valence electrons. The van der Waals surface area contributed by atoms with Crippen molar-refractivity contribution in [1.82, 2.24) is 5.32 Å². The molecule has 21 heavy (non-hydrogen) atoms. The molecule has 0 aromatic heterocycles. The number of ether oxygens (including phenoxy) is 2. The van der Waals surface area contributed by atoms with Crippen LogP contribution in [0.4, 0.5) is 0 Å². The Balaban J connectivity index is 2.86. The molecule has 0 spiro atoms. The summed E-state index contributed by atoms with van der Waals surface area (Å²) in [5, 5.41) is 12.3. The Bertz CT molecular complexity index is 532. The summed E-state index contributed by atoms with van der Waals surface area (Å²) in [7, 11) is -5.16. The Hall–Kier alpha value is -1.15. The predicted octanol–water partition coefficient (Wildman–Crippen LogP) is 0.653. The second-order valence-corrected chi connectivity index (χ2v) is 6.00. The summed E-state index contributed by atoms with van der Waals surface area (Å²) in [5.74, 6) is -0.856. The topological polar surface area (TPSA) is 125 Å². The maximum Gasteiger partial charge on any atom is 0.414 e. The second-order valence-electron chi connectivity index (χ2n) is 3.87. The van der Waals surface area contributed by atoms with Crippen LogP contribution in [0, 0.1) is 0 Å². The molecule has 8 nitrogen and oxygen atoms in total. The number of hydrogen-bond donors (Lipinski definition) is 4. The van der Waals surface area contributed by atoms with Crippen LogP contribution in [-0.2, 0) is 14.1 Å². The maximum absolute atomic E-state index is 11.4. The van der Waals surface area contributed by atoms with Crippen LogP contribution < -0.4 is 10.1 Å². The van der Waals surface area contributed by atoms with Gasteiger partial charge in [0, 0.05) is 5.02 Å². The molecule has 0 aliphatic heterocycles. The van der Waals surface area contributed by atoms with E-state index in [4.69, 9.17) is 16.3 Å². The Morgan fingerprint density at radius 2 is 1.95 bits per heavy atom. The number of carbonyl (C=O) groups excluding carboxylic acids is 1. The van der Waals surface area contributed by atoms with Gasteiger partial charge in [-0.2, -0.15) is 0 Å². The summed E-state index contributed by atoms with van der Waals surface area (Å²) in [6.45, 7) is 1.01. The normalized spacial score (nSPS) is 14.3. The first-order chi connectivity index (χ1) is 9.68. The van der Waals surface area contributed by atoms with Crippen molar-refractivity contribution in [3.8, 4) is 5.75 Å². The van der Waals surface area contributed by atoms with Gasteiger partial charge in [-0.3, -0.25) is 9.36 Å². The Morgan fingerprint density at radius 3 is 2.43 bits per heavy atom. The molecule has 0 aliphatic carbocycles.